The molecule has 3 nitrogen and oxygen atoms in total. The molecule has 0 aliphatic rings. The van der Waals surface area contributed by atoms with E-state index in [1.54, 1.807) is 0 Å². The minimum absolute atomic E-state index is 0.596. The molecule has 0 fully saturated rings. The van der Waals surface area contributed by atoms with Gasteiger partial charge in [0, 0.05) is 18.6 Å². The van der Waals surface area contributed by atoms with Gasteiger partial charge in [0.1, 0.15) is 7.05 Å². The van der Waals surface area contributed by atoms with Crippen molar-refractivity contribution in [2.75, 3.05) is 0 Å². The van der Waals surface area contributed by atoms with Crippen LogP contribution in [0.25, 0.3) is 0 Å². The molecule has 0 unspecified atom stereocenters. The van der Waals surface area contributed by atoms with Gasteiger partial charge < -0.3 is 0 Å². The Labute approximate surface area is 83.8 Å². The van der Waals surface area contributed by atoms with E-state index in [4.69, 9.17) is 9.78 Å². The van der Waals surface area contributed by atoms with Gasteiger partial charge >= 0.3 is 0 Å². The molecule has 1 aromatic heterocycles. The lowest BCUT2D eigenvalue weighted by Gasteiger charge is -2.04. The summed E-state index contributed by atoms with van der Waals surface area (Å²) >= 11 is 0. The summed E-state index contributed by atoms with van der Waals surface area (Å²) in [5.41, 5.74) is 2.65. The van der Waals surface area contributed by atoms with E-state index in [0.29, 0.717) is 17.9 Å². The van der Waals surface area contributed by atoms with E-state index in [-0.39, 0.29) is 0 Å². The fourth-order valence-electron chi connectivity index (χ4n) is 0.855. The fourth-order valence-corrected chi connectivity index (χ4v) is 0.855. The van der Waals surface area contributed by atoms with Crippen molar-refractivity contribution in [3.05, 3.63) is 42.6 Å². The van der Waals surface area contributed by atoms with Crippen molar-refractivity contribution in [2.24, 2.45) is 7.05 Å². The van der Waals surface area contributed by atoms with Crippen molar-refractivity contribution in [1.82, 2.24) is 0 Å². The molecule has 1 aromatic rings. The predicted octanol–water partition coefficient (Wildman–Crippen LogP) is 1.90. The second kappa shape index (κ2) is 5.10. The van der Waals surface area contributed by atoms with Crippen molar-refractivity contribution >= 4 is 0 Å². The second-order valence-corrected chi connectivity index (χ2v) is 2.82. The summed E-state index contributed by atoms with van der Waals surface area (Å²) in [7, 11) is 1.94. The third kappa shape index (κ3) is 2.96. The molecule has 0 saturated carbocycles. The molecule has 74 valence electrons. The predicted molar refractivity (Wildman–Crippen MR) is 52.3 cm³/mol. The zero-order valence-electron chi connectivity index (χ0n) is 8.49. The average molecular weight is 192 g/mol. The SMILES string of the molecule is C=C=C(CC)OOc1cc[n+](C)cc1. The standard InChI is InChI=1S/C11H14NO2/c1-4-10(5-2)13-14-11-6-8-12(3)9-7-11/h6-9H,1,5H2,2-3H3/q+1. The summed E-state index contributed by atoms with van der Waals surface area (Å²) in [5, 5.41) is 0. The van der Waals surface area contributed by atoms with Gasteiger partial charge in [0.25, 0.3) is 0 Å². The topological polar surface area (TPSA) is 22.3 Å². The Balaban J connectivity index is 2.53. The van der Waals surface area contributed by atoms with E-state index < -0.39 is 0 Å². The van der Waals surface area contributed by atoms with Crippen molar-refractivity contribution in [3.63, 3.8) is 0 Å². The van der Waals surface area contributed by atoms with Crippen molar-refractivity contribution < 1.29 is 14.3 Å². The van der Waals surface area contributed by atoms with Crippen LogP contribution in [0.2, 0.25) is 0 Å². The molecule has 0 bridgehead atoms. The molecule has 3 heteroatoms. The molecule has 0 aliphatic carbocycles. The first-order chi connectivity index (χ1) is 6.76. The Morgan fingerprint density at radius 1 is 1.50 bits per heavy atom. The maximum Gasteiger partial charge on any atom is 0.196 e. The zero-order chi connectivity index (χ0) is 10.4. The minimum Gasteiger partial charge on any atom is -0.289 e. The molecule has 0 amide bonds. The van der Waals surface area contributed by atoms with Gasteiger partial charge in [0.2, 0.25) is 0 Å². The highest BCUT2D eigenvalue weighted by Crippen LogP contribution is 2.09. The Kier molecular flexibility index (Phi) is 3.77. The summed E-state index contributed by atoms with van der Waals surface area (Å²) < 4.78 is 1.91. The lowest BCUT2D eigenvalue weighted by Crippen LogP contribution is -2.25. The largest absolute Gasteiger partial charge is 0.289 e. The summed E-state index contributed by atoms with van der Waals surface area (Å²) in [5.74, 6) is 1.25. The summed E-state index contributed by atoms with van der Waals surface area (Å²) in [6.45, 7) is 5.43. The van der Waals surface area contributed by atoms with Gasteiger partial charge in [-0.05, 0) is 0 Å². The van der Waals surface area contributed by atoms with Crippen LogP contribution in [0.1, 0.15) is 13.3 Å². The molecule has 0 radical (unpaired) electrons. The number of allylic oxidation sites excluding steroid dienone is 1. The van der Waals surface area contributed by atoms with Gasteiger partial charge in [-0.25, -0.2) is 4.57 Å². The Morgan fingerprint density at radius 3 is 2.64 bits per heavy atom. The molecule has 1 heterocycles. The number of rotatable bonds is 4. The number of aryl methyl sites for hydroxylation is 1. The van der Waals surface area contributed by atoms with Crippen LogP contribution in [0.4, 0.5) is 0 Å². The minimum atomic E-state index is 0.596. The van der Waals surface area contributed by atoms with Gasteiger partial charge in [-0.1, -0.05) is 19.2 Å². The summed E-state index contributed by atoms with van der Waals surface area (Å²) in [6.07, 6.45) is 4.47. The molecule has 0 aliphatic heterocycles. The average Bonchev–Trinajstić information content (AvgIpc) is 2.22. The Morgan fingerprint density at radius 2 is 2.14 bits per heavy atom. The first-order valence-electron chi connectivity index (χ1n) is 4.45. The molecule has 0 spiro atoms. The number of hydrogen-bond acceptors (Lipinski definition) is 2. The van der Waals surface area contributed by atoms with Crippen LogP contribution in [0.3, 0.4) is 0 Å². The highest BCUT2D eigenvalue weighted by Gasteiger charge is 1.99. The van der Waals surface area contributed by atoms with Crippen LogP contribution in [0, 0.1) is 0 Å². The third-order valence-corrected chi connectivity index (χ3v) is 1.70. The zero-order valence-corrected chi connectivity index (χ0v) is 8.49. The molecule has 0 aromatic carbocycles. The van der Waals surface area contributed by atoms with E-state index in [1.165, 1.54) is 0 Å². The highest BCUT2D eigenvalue weighted by molar-refractivity contribution is 5.13. The Bertz CT molecular complexity index is 337. The molecule has 14 heavy (non-hydrogen) atoms. The van der Waals surface area contributed by atoms with Gasteiger partial charge in [0.15, 0.2) is 23.9 Å². The summed E-state index contributed by atoms with van der Waals surface area (Å²) in [4.78, 5) is 10.1. The molecule has 0 saturated heterocycles. The number of aromatic nitrogens is 1. The smallest absolute Gasteiger partial charge is 0.196 e. The first-order valence-corrected chi connectivity index (χ1v) is 4.45. The molecular formula is C11H14NO2+. The maximum atomic E-state index is 5.05. The Hall–Kier alpha value is -1.73. The lowest BCUT2D eigenvalue weighted by molar-refractivity contribution is -0.671. The first kappa shape index (κ1) is 10.4. The van der Waals surface area contributed by atoms with Crippen LogP contribution in [0.5, 0.6) is 5.75 Å². The van der Waals surface area contributed by atoms with Gasteiger partial charge in [-0.15, -0.1) is 0 Å². The highest BCUT2D eigenvalue weighted by atomic mass is 17.2. The van der Waals surface area contributed by atoms with Crippen molar-refractivity contribution in [3.8, 4) is 5.75 Å². The van der Waals surface area contributed by atoms with E-state index in [1.807, 2.05) is 43.1 Å². The van der Waals surface area contributed by atoms with Gasteiger partial charge in [-0.2, -0.15) is 0 Å². The second-order valence-electron chi connectivity index (χ2n) is 2.82. The number of hydrogen-bond donors (Lipinski definition) is 0. The van der Waals surface area contributed by atoms with Crippen LogP contribution < -0.4 is 9.45 Å². The molecule has 1 rings (SSSR count). The van der Waals surface area contributed by atoms with E-state index in [2.05, 4.69) is 12.3 Å². The van der Waals surface area contributed by atoms with E-state index in [9.17, 15) is 0 Å². The fraction of sp³-hybridized carbons (Fsp3) is 0.273. The lowest BCUT2D eigenvalue weighted by atomic mass is 10.4. The molecule has 0 atom stereocenters. The molecule has 0 N–H and O–H groups in total. The van der Waals surface area contributed by atoms with Crippen LogP contribution >= 0.6 is 0 Å². The van der Waals surface area contributed by atoms with Crippen LogP contribution in [0.15, 0.2) is 42.6 Å². The quantitative estimate of drug-likeness (QED) is 0.239. The van der Waals surface area contributed by atoms with E-state index >= 15 is 0 Å². The third-order valence-electron chi connectivity index (χ3n) is 1.70. The monoisotopic (exact) mass is 192 g/mol. The summed E-state index contributed by atoms with van der Waals surface area (Å²) in [6, 6.07) is 3.63. The maximum absolute atomic E-state index is 5.05. The van der Waals surface area contributed by atoms with Gasteiger partial charge in [-0.3, -0.25) is 9.78 Å². The number of pyridine rings is 1. The van der Waals surface area contributed by atoms with Crippen molar-refractivity contribution in [1.29, 1.82) is 0 Å². The number of nitrogens with zero attached hydrogens (tertiary/aromatic N) is 1. The van der Waals surface area contributed by atoms with Crippen LogP contribution in [-0.4, -0.2) is 0 Å². The normalized spacial score (nSPS) is 9.00. The van der Waals surface area contributed by atoms with Crippen molar-refractivity contribution in [2.45, 2.75) is 13.3 Å². The van der Waals surface area contributed by atoms with Crippen LogP contribution in [-0.2, 0) is 11.9 Å². The van der Waals surface area contributed by atoms with E-state index in [0.717, 1.165) is 0 Å². The molecular weight excluding hydrogens is 178 g/mol. The van der Waals surface area contributed by atoms with Gasteiger partial charge in [0.05, 0.1) is 0 Å².